The van der Waals surface area contributed by atoms with Crippen molar-refractivity contribution in [1.82, 2.24) is 14.8 Å². The van der Waals surface area contributed by atoms with E-state index in [1.54, 1.807) is 6.20 Å². The van der Waals surface area contributed by atoms with Gasteiger partial charge in [0.15, 0.2) is 0 Å². The molecule has 1 aliphatic rings. The van der Waals surface area contributed by atoms with Gasteiger partial charge < -0.3 is 9.80 Å². The Bertz CT molecular complexity index is 701. The highest BCUT2D eigenvalue weighted by atomic mass is 16.2. The fourth-order valence-corrected chi connectivity index (χ4v) is 3.55. The van der Waals surface area contributed by atoms with E-state index in [9.17, 15) is 4.79 Å². The zero-order chi connectivity index (χ0) is 17.6. The molecule has 3 rings (SSSR count). The number of carbonyl (C=O) groups excluding carboxylic acids is 1. The van der Waals surface area contributed by atoms with Gasteiger partial charge in [0, 0.05) is 38.1 Å². The van der Waals surface area contributed by atoms with Gasteiger partial charge in [-0.3, -0.25) is 9.78 Å². The van der Waals surface area contributed by atoms with Gasteiger partial charge in [0.05, 0.1) is 5.56 Å². The number of piperidine rings is 1. The Morgan fingerprint density at radius 1 is 1.24 bits per heavy atom. The Hall–Kier alpha value is -2.20. The van der Waals surface area contributed by atoms with E-state index < -0.39 is 0 Å². The number of aromatic nitrogens is 1. The van der Waals surface area contributed by atoms with Crippen molar-refractivity contribution in [1.29, 1.82) is 0 Å². The van der Waals surface area contributed by atoms with Gasteiger partial charge in [-0.25, -0.2) is 0 Å². The smallest absolute Gasteiger partial charge is 0.255 e. The number of amides is 1. The molecule has 0 aliphatic carbocycles. The number of likely N-dealkylation sites (tertiary alicyclic amines) is 1. The highest BCUT2D eigenvalue weighted by Crippen LogP contribution is 2.18. The normalized spacial score (nSPS) is 18.1. The number of carbonyl (C=O) groups is 1. The predicted octanol–water partition coefficient (Wildman–Crippen LogP) is 3.17. The second kappa shape index (κ2) is 8.26. The lowest BCUT2D eigenvalue weighted by Crippen LogP contribution is -2.49. The second-order valence-electron chi connectivity index (χ2n) is 6.88. The number of pyridine rings is 1. The molecule has 0 radical (unpaired) electrons. The van der Waals surface area contributed by atoms with Crippen LogP contribution >= 0.6 is 0 Å². The molecule has 0 bridgehead atoms. The molecule has 1 unspecified atom stereocenters. The highest BCUT2D eigenvalue weighted by Gasteiger charge is 2.27. The van der Waals surface area contributed by atoms with Crippen molar-refractivity contribution in [2.45, 2.75) is 32.2 Å². The Morgan fingerprint density at radius 2 is 2.04 bits per heavy atom. The van der Waals surface area contributed by atoms with E-state index in [0.717, 1.165) is 44.6 Å². The second-order valence-corrected chi connectivity index (χ2v) is 6.88. The summed E-state index contributed by atoms with van der Waals surface area (Å²) in [6, 6.07) is 14.6. The molecule has 132 valence electrons. The van der Waals surface area contributed by atoms with E-state index in [0.29, 0.717) is 5.56 Å². The van der Waals surface area contributed by atoms with Gasteiger partial charge in [0.25, 0.3) is 5.91 Å². The molecular formula is C21H27N3O. The van der Waals surface area contributed by atoms with Crippen molar-refractivity contribution in [2.75, 3.05) is 26.7 Å². The molecule has 1 aromatic heterocycles. The summed E-state index contributed by atoms with van der Waals surface area (Å²) in [6.07, 6.45) is 5.01. The van der Waals surface area contributed by atoms with Gasteiger partial charge in [0.1, 0.15) is 0 Å². The van der Waals surface area contributed by atoms with E-state index in [1.807, 2.05) is 31.0 Å². The molecule has 4 heteroatoms. The zero-order valence-corrected chi connectivity index (χ0v) is 15.2. The van der Waals surface area contributed by atoms with Crippen LogP contribution in [0.25, 0.3) is 0 Å². The van der Waals surface area contributed by atoms with E-state index in [-0.39, 0.29) is 11.9 Å². The third-order valence-corrected chi connectivity index (χ3v) is 5.15. The predicted molar refractivity (Wildman–Crippen MR) is 101 cm³/mol. The molecule has 1 saturated heterocycles. The minimum absolute atomic E-state index is 0.0838. The monoisotopic (exact) mass is 337 g/mol. The molecule has 0 saturated carbocycles. The van der Waals surface area contributed by atoms with Crippen LogP contribution in [0.4, 0.5) is 0 Å². The van der Waals surface area contributed by atoms with Gasteiger partial charge in [-0.05, 0) is 50.4 Å². The number of aryl methyl sites for hydroxylation is 1. The van der Waals surface area contributed by atoms with E-state index in [4.69, 9.17) is 0 Å². The summed E-state index contributed by atoms with van der Waals surface area (Å²) in [5.74, 6) is 0.0838. The van der Waals surface area contributed by atoms with Crippen LogP contribution in [0.2, 0.25) is 0 Å². The quantitative estimate of drug-likeness (QED) is 0.841. The van der Waals surface area contributed by atoms with E-state index in [1.165, 1.54) is 5.56 Å². The molecule has 1 fully saturated rings. The Balaban J connectivity index is 1.59. The lowest BCUT2D eigenvalue weighted by molar-refractivity contribution is 0.0618. The van der Waals surface area contributed by atoms with Crippen LogP contribution in [0.5, 0.6) is 0 Å². The molecule has 25 heavy (non-hydrogen) atoms. The van der Waals surface area contributed by atoms with Gasteiger partial charge in [-0.15, -0.1) is 0 Å². The van der Waals surface area contributed by atoms with E-state index in [2.05, 4.69) is 40.2 Å². The van der Waals surface area contributed by atoms with Crippen molar-refractivity contribution in [3.63, 3.8) is 0 Å². The van der Waals surface area contributed by atoms with Crippen LogP contribution in [0.1, 0.15) is 34.5 Å². The molecule has 1 aliphatic heterocycles. The molecular weight excluding hydrogens is 310 g/mol. The van der Waals surface area contributed by atoms with Gasteiger partial charge >= 0.3 is 0 Å². The number of hydrogen-bond donors (Lipinski definition) is 0. The van der Waals surface area contributed by atoms with Crippen molar-refractivity contribution in [3.8, 4) is 0 Å². The molecule has 4 nitrogen and oxygen atoms in total. The summed E-state index contributed by atoms with van der Waals surface area (Å²) in [4.78, 5) is 21.5. The number of nitrogens with zero attached hydrogens (tertiary/aromatic N) is 3. The molecule has 1 aromatic carbocycles. The van der Waals surface area contributed by atoms with Crippen molar-refractivity contribution < 1.29 is 4.79 Å². The summed E-state index contributed by atoms with van der Waals surface area (Å²) in [7, 11) is 1.93. The largest absolute Gasteiger partial charge is 0.337 e. The average Bonchev–Trinajstić information content (AvgIpc) is 2.67. The molecule has 0 N–H and O–H groups in total. The first-order valence-electron chi connectivity index (χ1n) is 9.10. The number of rotatable bonds is 5. The Kier molecular flexibility index (Phi) is 5.82. The van der Waals surface area contributed by atoms with Gasteiger partial charge in [0.2, 0.25) is 0 Å². The topological polar surface area (TPSA) is 36.4 Å². The van der Waals surface area contributed by atoms with Crippen LogP contribution in [-0.4, -0.2) is 53.4 Å². The van der Waals surface area contributed by atoms with Crippen molar-refractivity contribution >= 4 is 5.91 Å². The van der Waals surface area contributed by atoms with Crippen molar-refractivity contribution in [3.05, 3.63) is 65.5 Å². The molecule has 1 atom stereocenters. The zero-order valence-electron chi connectivity index (χ0n) is 15.2. The first kappa shape index (κ1) is 17.6. The lowest BCUT2D eigenvalue weighted by Gasteiger charge is -2.37. The number of likely N-dealkylation sites (N-methyl/N-ethyl adjacent to an activating group) is 1. The van der Waals surface area contributed by atoms with Crippen molar-refractivity contribution in [2.24, 2.45) is 0 Å². The average molecular weight is 337 g/mol. The number of hydrogen-bond acceptors (Lipinski definition) is 3. The fraction of sp³-hybridized carbons (Fsp3) is 0.429. The Labute approximate surface area is 150 Å². The van der Waals surface area contributed by atoms with Crippen LogP contribution < -0.4 is 0 Å². The first-order chi connectivity index (χ1) is 12.1. The summed E-state index contributed by atoms with van der Waals surface area (Å²) in [5.41, 5.74) is 2.89. The standard InChI is InChI=1S/C21H27N3O/c1-17-20(11-6-13-22-17)21(25)23(2)19-10-7-14-24(16-19)15-12-18-8-4-3-5-9-18/h3-6,8-9,11,13,19H,7,10,12,14-16H2,1-2H3. The fourth-order valence-electron chi connectivity index (χ4n) is 3.55. The summed E-state index contributed by atoms with van der Waals surface area (Å²) >= 11 is 0. The third kappa shape index (κ3) is 4.45. The summed E-state index contributed by atoms with van der Waals surface area (Å²) < 4.78 is 0. The third-order valence-electron chi connectivity index (χ3n) is 5.15. The highest BCUT2D eigenvalue weighted by molar-refractivity contribution is 5.95. The molecule has 2 heterocycles. The van der Waals surface area contributed by atoms with Crippen LogP contribution in [0.15, 0.2) is 48.7 Å². The number of benzene rings is 1. The minimum Gasteiger partial charge on any atom is -0.337 e. The molecule has 1 amide bonds. The maximum Gasteiger partial charge on any atom is 0.255 e. The SMILES string of the molecule is Cc1ncccc1C(=O)N(C)C1CCCN(CCc2ccccc2)C1. The molecule has 0 spiro atoms. The van der Waals surface area contributed by atoms with Crippen LogP contribution in [0, 0.1) is 6.92 Å². The van der Waals surface area contributed by atoms with Gasteiger partial charge in [-0.2, -0.15) is 0 Å². The first-order valence-corrected chi connectivity index (χ1v) is 9.10. The molecule has 2 aromatic rings. The lowest BCUT2D eigenvalue weighted by atomic mass is 10.0. The Morgan fingerprint density at radius 3 is 2.80 bits per heavy atom. The van der Waals surface area contributed by atoms with Crippen LogP contribution in [0.3, 0.4) is 0 Å². The van der Waals surface area contributed by atoms with Gasteiger partial charge in [-0.1, -0.05) is 30.3 Å². The maximum atomic E-state index is 12.8. The van der Waals surface area contributed by atoms with E-state index >= 15 is 0 Å². The van der Waals surface area contributed by atoms with Crippen LogP contribution in [-0.2, 0) is 6.42 Å². The summed E-state index contributed by atoms with van der Waals surface area (Å²) in [5, 5.41) is 0. The maximum absolute atomic E-state index is 12.8. The summed E-state index contributed by atoms with van der Waals surface area (Å²) in [6.45, 7) is 5.02. The minimum atomic E-state index is 0.0838.